The summed E-state index contributed by atoms with van der Waals surface area (Å²) in [7, 11) is 4.07. The Kier molecular flexibility index (Phi) is 4.12. The Morgan fingerprint density at radius 2 is 2.00 bits per heavy atom. The lowest BCUT2D eigenvalue weighted by Crippen LogP contribution is -2.35. The molecule has 0 fully saturated rings. The van der Waals surface area contributed by atoms with Gasteiger partial charge in [0.15, 0.2) is 0 Å². The molecule has 0 heterocycles. The quantitative estimate of drug-likeness (QED) is 0.480. The number of nitrogens with zero attached hydrogens (tertiary/aromatic N) is 1. The molecule has 0 rings (SSSR count). The van der Waals surface area contributed by atoms with Crippen molar-refractivity contribution in [1.29, 1.82) is 0 Å². The summed E-state index contributed by atoms with van der Waals surface area (Å²) in [4.78, 5) is 0. The number of likely N-dealkylation sites (N-methyl/N-ethyl adjacent to an activating group) is 1. The van der Waals surface area contributed by atoms with Crippen molar-refractivity contribution in [2.75, 3.05) is 27.2 Å². The van der Waals surface area contributed by atoms with Gasteiger partial charge in [0.25, 0.3) is 0 Å². The van der Waals surface area contributed by atoms with Crippen molar-refractivity contribution in [2.45, 2.75) is 13.8 Å². The van der Waals surface area contributed by atoms with Crippen molar-refractivity contribution in [3.63, 3.8) is 0 Å². The molecule has 0 aromatic carbocycles. The van der Waals surface area contributed by atoms with Gasteiger partial charge in [0, 0.05) is 0 Å². The fourth-order valence-corrected chi connectivity index (χ4v) is 0.626. The summed E-state index contributed by atoms with van der Waals surface area (Å²) < 4.78 is 0.682. The third-order valence-corrected chi connectivity index (χ3v) is 1.38. The molecule has 0 atom stereocenters. The van der Waals surface area contributed by atoms with Gasteiger partial charge in [-0.25, -0.2) is 0 Å². The third-order valence-electron chi connectivity index (χ3n) is 1.38. The molecule has 0 spiro atoms. The van der Waals surface area contributed by atoms with Gasteiger partial charge < -0.3 is 5.11 Å². The van der Waals surface area contributed by atoms with Crippen LogP contribution in [0.1, 0.15) is 13.8 Å². The molecule has 0 amide bonds. The maximum atomic E-state index is 8.70. The van der Waals surface area contributed by atoms with Crippen LogP contribution in [0.5, 0.6) is 0 Å². The first-order chi connectivity index (χ1) is 4.98. The average molecular weight is 156 g/mol. The van der Waals surface area contributed by atoms with Crippen molar-refractivity contribution >= 4 is 0 Å². The highest BCUT2D eigenvalue weighted by Crippen LogP contribution is 1.97. The second-order valence-corrected chi connectivity index (χ2v) is 3.50. The lowest BCUT2D eigenvalue weighted by atomic mass is 10.4. The molecule has 0 aliphatic heterocycles. The van der Waals surface area contributed by atoms with Gasteiger partial charge in [-0.05, 0) is 19.4 Å². The van der Waals surface area contributed by atoms with Gasteiger partial charge >= 0.3 is 0 Å². The van der Waals surface area contributed by atoms with E-state index in [1.54, 1.807) is 0 Å². The third kappa shape index (κ3) is 5.86. The van der Waals surface area contributed by atoms with Gasteiger partial charge in [-0.15, -0.1) is 0 Å². The molecule has 0 aliphatic rings. The van der Waals surface area contributed by atoms with E-state index in [4.69, 9.17) is 5.11 Å². The highest BCUT2D eigenvalue weighted by Gasteiger charge is 2.08. The molecule has 0 saturated carbocycles. The first-order valence-electron chi connectivity index (χ1n) is 3.82. The maximum Gasteiger partial charge on any atom is 0.139 e. The average Bonchev–Trinajstić information content (AvgIpc) is 1.84. The monoisotopic (exact) mass is 156 g/mol. The smallest absolute Gasteiger partial charge is 0.139 e. The van der Waals surface area contributed by atoms with Crippen LogP contribution in [0.3, 0.4) is 0 Å². The van der Waals surface area contributed by atoms with Crippen molar-refractivity contribution < 1.29 is 9.59 Å². The Bertz CT molecular complexity index is 172. The van der Waals surface area contributed by atoms with E-state index in [1.165, 1.54) is 0 Å². The van der Waals surface area contributed by atoms with Gasteiger partial charge in [0.2, 0.25) is 0 Å². The zero-order valence-electron chi connectivity index (χ0n) is 7.89. The molecule has 64 valence electrons. The molecule has 0 aliphatic carbocycles. The Labute approximate surface area is 69.0 Å². The number of aliphatic hydroxyl groups is 1. The minimum atomic E-state index is 0.216. The molecule has 1 N–H and O–H groups in total. The predicted molar refractivity (Wildman–Crippen MR) is 47.0 cm³/mol. The summed E-state index contributed by atoms with van der Waals surface area (Å²) >= 11 is 0. The van der Waals surface area contributed by atoms with Crippen LogP contribution in [0.4, 0.5) is 0 Å². The minimum Gasteiger partial charge on any atom is -0.390 e. The van der Waals surface area contributed by atoms with Crippen LogP contribution in [0.25, 0.3) is 0 Å². The van der Waals surface area contributed by atoms with E-state index >= 15 is 0 Å². The van der Waals surface area contributed by atoms with Crippen LogP contribution in [0.2, 0.25) is 0 Å². The van der Waals surface area contributed by atoms with Crippen LogP contribution in [0, 0.1) is 0 Å². The van der Waals surface area contributed by atoms with Crippen molar-refractivity contribution in [3.05, 3.63) is 17.5 Å². The molecule has 0 radical (unpaired) electrons. The number of allylic oxidation sites excluding steroid dienone is 1. The normalized spacial score (nSPS) is 10.6. The highest BCUT2D eigenvalue weighted by atomic mass is 16.3. The fourth-order valence-electron chi connectivity index (χ4n) is 0.626. The van der Waals surface area contributed by atoms with Gasteiger partial charge in [0.05, 0.1) is 20.7 Å². The van der Waals surface area contributed by atoms with Gasteiger partial charge in [-0.1, -0.05) is 5.73 Å². The van der Waals surface area contributed by atoms with E-state index in [0.717, 1.165) is 12.1 Å². The summed E-state index contributed by atoms with van der Waals surface area (Å²) in [5.41, 5.74) is 4.28. The van der Waals surface area contributed by atoms with E-state index < -0.39 is 0 Å². The number of quaternary nitrogens is 1. The maximum absolute atomic E-state index is 8.70. The molecular weight excluding hydrogens is 138 g/mol. The second-order valence-electron chi connectivity index (χ2n) is 3.50. The van der Waals surface area contributed by atoms with Crippen LogP contribution >= 0.6 is 0 Å². The van der Waals surface area contributed by atoms with Crippen molar-refractivity contribution in [3.8, 4) is 0 Å². The Hall–Kier alpha value is -0.560. The van der Waals surface area contributed by atoms with E-state index in [2.05, 4.69) is 5.73 Å². The number of rotatable bonds is 3. The second kappa shape index (κ2) is 4.35. The van der Waals surface area contributed by atoms with Crippen molar-refractivity contribution in [1.82, 2.24) is 0 Å². The minimum absolute atomic E-state index is 0.216. The topological polar surface area (TPSA) is 20.2 Å². The molecular formula is C9H18NO+. The SMILES string of the molecule is CC(C)=C=C[N+](C)(C)CCO. The van der Waals surface area contributed by atoms with Gasteiger partial charge in [0.1, 0.15) is 12.7 Å². The molecule has 0 saturated heterocycles. The van der Waals surface area contributed by atoms with E-state index in [-0.39, 0.29) is 6.61 Å². The summed E-state index contributed by atoms with van der Waals surface area (Å²) in [5.74, 6) is 0. The first-order valence-corrected chi connectivity index (χ1v) is 3.82. The number of aliphatic hydroxyl groups excluding tert-OH is 1. The molecule has 0 aromatic heterocycles. The molecule has 2 heteroatoms. The summed E-state index contributed by atoms with van der Waals surface area (Å²) in [5, 5.41) is 8.70. The number of hydrogen-bond acceptors (Lipinski definition) is 1. The van der Waals surface area contributed by atoms with Gasteiger partial charge in [-0.2, -0.15) is 0 Å². The summed E-state index contributed by atoms with van der Waals surface area (Å²) in [6, 6.07) is 0. The van der Waals surface area contributed by atoms with Crippen LogP contribution in [0.15, 0.2) is 17.5 Å². The van der Waals surface area contributed by atoms with E-state index in [0.29, 0.717) is 4.48 Å². The molecule has 0 aromatic rings. The molecule has 0 unspecified atom stereocenters. The van der Waals surface area contributed by atoms with Crippen LogP contribution in [-0.2, 0) is 0 Å². The summed E-state index contributed by atoms with van der Waals surface area (Å²) in [6.07, 6.45) is 1.96. The number of hydrogen-bond donors (Lipinski definition) is 1. The van der Waals surface area contributed by atoms with Crippen molar-refractivity contribution in [2.24, 2.45) is 0 Å². The molecule has 11 heavy (non-hydrogen) atoms. The van der Waals surface area contributed by atoms with E-state index in [9.17, 15) is 0 Å². The predicted octanol–water partition coefficient (Wildman–Crippen LogP) is 1.13. The molecule has 2 nitrogen and oxygen atoms in total. The standard InChI is InChI=1S/C9H18NO/c1-9(2)5-6-10(3,4)7-8-11/h6,11H,7-8H2,1-4H3/q+1. The van der Waals surface area contributed by atoms with E-state index in [1.807, 2.05) is 34.1 Å². The van der Waals surface area contributed by atoms with Crippen LogP contribution < -0.4 is 0 Å². The fraction of sp³-hybridized carbons (Fsp3) is 0.667. The summed E-state index contributed by atoms with van der Waals surface area (Å²) in [6.45, 7) is 4.97. The highest BCUT2D eigenvalue weighted by molar-refractivity contribution is 4.90. The first kappa shape index (κ1) is 10.4. The lowest BCUT2D eigenvalue weighted by Gasteiger charge is -2.22. The lowest BCUT2D eigenvalue weighted by molar-refractivity contribution is -0.839. The van der Waals surface area contributed by atoms with Crippen LogP contribution in [-0.4, -0.2) is 36.8 Å². The Morgan fingerprint density at radius 3 is 2.36 bits per heavy atom. The Balaban J connectivity index is 4.22. The zero-order valence-corrected chi connectivity index (χ0v) is 7.89. The zero-order chi connectivity index (χ0) is 8.91. The Morgan fingerprint density at radius 1 is 1.45 bits per heavy atom. The molecule has 0 bridgehead atoms. The van der Waals surface area contributed by atoms with Gasteiger partial charge in [-0.3, -0.25) is 4.48 Å². The largest absolute Gasteiger partial charge is 0.390 e.